The summed E-state index contributed by atoms with van der Waals surface area (Å²) in [5, 5.41) is 9.03. The molecule has 0 unspecified atom stereocenters. The Hall–Kier alpha value is -3.48. The Morgan fingerprint density at radius 1 is 1.05 bits per heavy atom. The predicted octanol–water partition coefficient (Wildman–Crippen LogP) is 3.96. The molecule has 0 aromatic heterocycles. The number of hydrogen-bond acceptors (Lipinski definition) is 9. The fraction of sp³-hybridized carbons (Fsp3) is 0.355. The molecule has 0 bridgehead atoms. The Morgan fingerprint density at radius 2 is 1.81 bits per heavy atom. The number of ether oxygens (including phenoxy) is 5. The van der Waals surface area contributed by atoms with Crippen molar-refractivity contribution in [2.24, 2.45) is 4.99 Å². The van der Waals surface area contributed by atoms with Crippen molar-refractivity contribution in [1.29, 1.82) is 0 Å². The van der Waals surface area contributed by atoms with Crippen LogP contribution in [0.1, 0.15) is 29.2 Å². The topological polar surface area (TPSA) is 120 Å². The Labute approximate surface area is 254 Å². The zero-order chi connectivity index (χ0) is 30.0. The van der Waals surface area contributed by atoms with Crippen LogP contribution in [0.5, 0.6) is 11.5 Å². The zero-order valence-corrected chi connectivity index (χ0v) is 25.4. The lowest BCUT2D eigenvalue weighted by atomic mass is 9.82. The van der Waals surface area contributed by atoms with E-state index in [0.29, 0.717) is 36.0 Å². The number of aliphatic imine (C=N–C) groups is 1. The Bertz CT molecular complexity index is 1350. The van der Waals surface area contributed by atoms with Gasteiger partial charge in [0.1, 0.15) is 11.5 Å². The summed E-state index contributed by atoms with van der Waals surface area (Å²) in [7, 11) is 4.64. The lowest BCUT2D eigenvalue weighted by Gasteiger charge is -2.31. The number of amides is 1. The molecule has 0 saturated heterocycles. The van der Waals surface area contributed by atoms with Crippen LogP contribution in [0.3, 0.4) is 0 Å². The summed E-state index contributed by atoms with van der Waals surface area (Å²) in [6.07, 6.45) is -0.586. The number of carbonyl (C=O) groups is 1. The average Bonchev–Trinajstić information content (AvgIpc) is 3.41. The maximum atomic E-state index is 14.2. The number of nitrogens with zero attached hydrogens (tertiary/aromatic N) is 1. The van der Waals surface area contributed by atoms with Crippen LogP contribution >= 0.6 is 15.9 Å². The highest BCUT2D eigenvalue weighted by molar-refractivity contribution is 9.10. The Balaban J connectivity index is 1.76. The van der Waals surface area contributed by atoms with E-state index in [2.05, 4.69) is 26.8 Å². The molecular weight excluding hydrogens is 606 g/mol. The van der Waals surface area contributed by atoms with Gasteiger partial charge >= 0.3 is 0 Å². The second-order valence-corrected chi connectivity index (χ2v) is 10.4. The van der Waals surface area contributed by atoms with Gasteiger partial charge in [0, 0.05) is 43.7 Å². The molecule has 1 heterocycles. The highest BCUT2D eigenvalue weighted by Crippen LogP contribution is 2.44. The summed E-state index contributed by atoms with van der Waals surface area (Å²) in [6, 6.07) is 22.4. The van der Waals surface area contributed by atoms with E-state index < -0.39 is 23.8 Å². The number of methoxy groups -OCH3 is 3. The van der Waals surface area contributed by atoms with Crippen LogP contribution < -0.4 is 20.3 Å². The smallest absolute Gasteiger partial charge is 0.266 e. The van der Waals surface area contributed by atoms with E-state index in [1.54, 1.807) is 7.11 Å². The van der Waals surface area contributed by atoms with Crippen molar-refractivity contribution in [2.45, 2.75) is 30.8 Å². The molecule has 4 rings (SSSR count). The van der Waals surface area contributed by atoms with Crippen LogP contribution in [-0.4, -0.2) is 69.8 Å². The highest BCUT2D eigenvalue weighted by atomic mass is 79.9. The molecule has 3 N–H and O–H groups in total. The molecule has 0 fully saturated rings. The molecule has 0 aliphatic carbocycles. The molecule has 10 nitrogen and oxygen atoms in total. The molecule has 1 amide bonds. The van der Waals surface area contributed by atoms with E-state index in [1.807, 2.05) is 72.8 Å². The summed E-state index contributed by atoms with van der Waals surface area (Å²) in [6.45, 7) is 0.672. The standard InChI is InChI=1S/C31H36BrN3O7/c1-38-25-10-6-9-22(18-25)28-31(19-23-8-4-5-11-26(23)32,30(37)35-33-20-27(39-2)40-3)34-29(42-28)21-12-14-24(15-13-21)41-17-7-16-36/h4-6,8-15,18,27-28,33,36H,7,16-17,19-20H2,1-3H3,(H,35,37)/t28-,31-/m0/s1. The van der Waals surface area contributed by atoms with Crippen LogP contribution in [0.2, 0.25) is 0 Å². The van der Waals surface area contributed by atoms with Crippen molar-refractivity contribution < 1.29 is 33.6 Å². The third-order valence-electron chi connectivity index (χ3n) is 6.84. The molecule has 1 aliphatic rings. The van der Waals surface area contributed by atoms with Gasteiger partial charge in [0.05, 0.1) is 20.3 Å². The number of hydrazine groups is 1. The monoisotopic (exact) mass is 641 g/mol. The number of halogens is 1. The summed E-state index contributed by atoms with van der Waals surface area (Å²) in [5.74, 6) is 1.21. The van der Waals surface area contributed by atoms with E-state index >= 15 is 0 Å². The molecule has 42 heavy (non-hydrogen) atoms. The fourth-order valence-corrected chi connectivity index (χ4v) is 5.03. The second kappa shape index (κ2) is 15.1. The minimum absolute atomic E-state index is 0.0581. The van der Waals surface area contributed by atoms with E-state index in [9.17, 15) is 4.79 Å². The van der Waals surface area contributed by atoms with Crippen molar-refractivity contribution in [1.82, 2.24) is 10.9 Å². The first-order valence-corrected chi connectivity index (χ1v) is 14.3. The van der Waals surface area contributed by atoms with Gasteiger partial charge in [0.15, 0.2) is 17.9 Å². The van der Waals surface area contributed by atoms with E-state index in [1.165, 1.54) is 14.2 Å². The Kier molecular flexibility index (Phi) is 11.3. The third-order valence-corrected chi connectivity index (χ3v) is 7.61. The minimum Gasteiger partial charge on any atom is -0.497 e. The third kappa shape index (κ3) is 7.47. The van der Waals surface area contributed by atoms with Crippen LogP contribution in [0.15, 0.2) is 82.3 Å². The number of aliphatic hydroxyl groups excluding tert-OH is 1. The molecule has 3 aromatic rings. The predicted molar refractivity (Wildman–Crippen MR) is 162 cm³/mol. The quantitative estimate of drug-likeness (QED) is 0.130. The number of aliphatic hydroxyl groups is 1. The maximum Gasteiger partial charge on any atom is 0.266 e. The van der Waals surface area contributed by atoms with Gasteiger partial charge in [-0.15, -0.1) is 0 Å². The number of rotatable bonds is 15. The van der Waals surface area contributed by atoms with Gasteiger partial charge in [-0.05, 0) is 53.6 Å². The lowest BCUT2D eigenvalue weighted by Crippen LogP contribution is -2.55. The first-order chi connectivity index (χ1) is 20.4. The Morgan fingerprint density at radius 3 is 2.50 bits per heavy atom. The molecule has 0 saturated carbocycles. The fourth-order valence-electron chi connectivity index (χ4n) is 4.60. The van der Waals surface area contributed by atoms with Crippen molar-refractivity contribution in [3.05, 3.63) is 94.0 Å². The molecule has 1 aliphatic heterocycles. The normalized spacial score (nSPS) is 18.0. The molecular formula is C31H36BrN3O7. The molecule has 11 heteroatoms. The summed E-state index contributed by atoms with van der Waals surface area (Å²) < 4.78 is 29.1. The van der Waals surface area contributed by atoms with Crippen molar-refractivity contribution in [2.75, 3.05) is 41.1 Å². The van der Waals surface area contributed by atoms with Gasteiger partial charge in [-0.25, -0.2) is 10.4 Å². The largest absolute Gasteiger partial charge is 0.497 e. The molecule has 0 radical (unpaired) electrons. The molecule has 0 spiro atoms. The number of carbonyl (C=O) groups excluding carboxylic acids is 1. The summed E-state index contributed by atoms with van der Waals surface area (Å²) in [4.78, 5) is 19.3. The van der Waals surface area contributed by atoms with E-state index in [4.69, 9.17) is 33.8 Å². The highest BCUT2D eigenvalue weighted by Gasteiger charge is 2.53. The van der Waals surface area contributed by atoms with Gasteiger partial charge in [0.2, 0.25) is 5.90 Å². The van der Waals surface area contributed by atoms with Crippen LogP contribution in [0.4, 0.5) is 0 Å². The van der Waals surface area contributed by atoms with Gasteiger partial charge in [-0.1, -0.05) is 46.3 Å². The number of hydrogen-bond donors (Lipinski definition) is 3. The number of nitrogens with one attached hydrogen (secondary N) is 2. The van der Waals surface area contributed by atoms with Crippen LogP contribution in [-0.2, 0) is 25.4 Å². The summed E-state index contributed by atoms with van der Waals surface area (Å²) in [5.41, 5.74) is 6.63. The van der Waals surface area contributed by atoms with Crippen molar-refractivity contribution in [3.63, 3.8) is 0 Å². The van der Waals surface area contributed by atoms with Gasteiger partial charge in [0.25, 0.3) is 5.91 Å². The van der Waals surface area contributed by atoms with E-state index in [-0.39, 0.29) is 19.6 Å². The van der Waals surface area contributed by atoms with Crippen molar-refractivity contribution in [3.8, 4) is 11.5 Å². The minimum atomic E-state index is -1.41. The zero-order valence-electron chi connectivity index (χ0n) is 23.8. The van der Waals surface area contributed by atoms with E-state index in [0.717, 1.165) is 15.6 Å². The maximum absolute atomic E-state index is 14.2. The van der Waals surface area contributed by atoms with Crippen molar-refractivity contribution >= 4 is 27.7 Å². The summed E-state index contributed by atoms with van der Waals surface area (Å²) >= 11 is 3.64. The van der Waals surface area contributed by atoms with Crippen LogP contribution in [0.25, 0.3) is 0 Å². The van der Waals surface area contributed by atoms with Gasteiger partial charge < -0.3 is 28.8 Å². The van der Waals surface area contributed by atoms with Crippen LogP contribution in [0, 0.1) is 0 Å². The molecule has 2 atom stereocenters. The first kappa shape index (κ1) is 31.5. The lowest BCUT2D eigenvalue weighted by molar-refractivity contribution is -0.131. The van der Waals surface area contributed by atoms with Gasteiger partial charge in [-0.3, -0.25) is 10.2 Å². The SMILES string of the molecule is COc1cccc([C@@H]2OC(c3ccc(OCCCO)cc3)=N[C@]2(Cc2ccccc2Br)C(=O)NNCC(OC)OC)c1. The second-order valence-electron chi connectivity index (χ2n) is 9.57. The average molecular weight is 643 g/mol. The van der Waals surface area contributed by atoms with Gasteiger partial charge in [-0.2, -0.15) is 0 Å². The first-order valence-electron chi connectivity index (χ1n) is 13.5. The molecule has 224 valence electrons. The molecule has 3 aromatic carbocycles. The number of benzene rings is 3.